The molecule has 1 heterocycles. The van der Waals surface area contributed by atoms with Crippen LogP contribution < -0.4 is 10.1 Å². The van der Waals surface area contributed by atoms with Gasteiger partial charge in [-0.15, -0.1) is 0 Å². The topological polar surface area (TPSA) is 78.8 Å². The number of benzene rings is 2. The number of aliphatic hydroxyl groups is 2. The molecule has 5 nitrogen and oxygen atoms in total. The number of carbonyl (C=O) groups excluding carboxylic acids is 1. The lowest BCUT2D eigenvalue weighted by Gasteiger charge is -2.46. The van der Waals surface area contributed by atoms with Crippen LogP contribution in [-0.4, -0.2) is 41.5 Å². The average Bonchev–Trinajstić information content (AvgIpc) is 3.00. The number of ether oxygens (including phenoxy) is 1. The van der Waals surface area contributed by atoms with Gasteiger partial charge < -0.3 is 20.3 Å². The molecular formula is C25H29Cl2NO4. The van der Waals surface area contributed by atoms with Crippen molar-refractivity contribution in [2.45, 2.75) is 50.7 Å². The maximum absolute atomic E-state index is 12.9. The second-order valence-electron chi connectivity index (χ2n) is 9.26. The molecule has 3 N–H and O–H groups in total. The van der Waals surface area contributed by atoms with Crippen molar-refractivity contribution in [1.29, 1.82) is 0 Å². The Morgan fingerprint density at radius 2 is 1.94 bits per heavy atom. The predicted octanol–water partition coefficient (Wildman–Crippen LogP) is 4.53. The van der Waals surface area contributed by atoms with Crippen LogP contribution in [0.1, 0.15) is 49.7 Å². The van der Waals surface area contributed by atoms with Crippen LogP contribution in [0.2, 0.25) is 10.0 Å². The molecule has 0 radical (unpaired) electrons. The van der Waals surface area contributed by atoms with Gasteiger partial charge in [0, 0.05) is 22.0 Å². The number of hydrogen-bond donors (Lipinski definition) is 3. The lowest BCUT2D eigenvalue weighted by molar-refractivity contribution is -0.129. The molecule has 2 aliphatic rings. The van der Waals surface area contributed by atoms with Crippen molar-refractivity contribution in [2.24, 2.45) is 11.3 Å². The summed E-state index contributed by atoms with van der Waals surface area (Å²) >= 11 is 12.9. The highest BCUT2D eigenvalue weighted by Crippen LogP contribution is 2.59. The van der Waals surface area contributed by atoms with E-state index in [4.69, 9.17) is 33.0 Å². The van der Waals surface area contributed by atoms with Crippen LogP contribution in [0, 0.1) is 11.3 Å². The minimum Gasteiger partial charge on any atom is -0.491 e. The molecule has 2 fully saturated rings. The van der Waals surface area contributed by atoms with Crippen molar-refractivity contribution in [1.82, 2.24) is 5.32 Å². The zero-order chi connectivity index (χ0) is 23.0. The maximum Gasteiger partial charge on any atom is 0.226 e. The number of fused-ring (bicyclic) bond motifs is 1. The molecule has 6 atom stereocenters. The van der Waals surface area contributed by atoms with Crippen LogP contribution in [0.4, 0.5) is 0 Å². The Balaban J connectivity index is 1.71. The summed E-state index contributed by atoms with van der Waals surface area (Å²) in [5.41, 5.74) is 1.76. The molecule has 0 bridgehead atoms. The summed E-state index contributed by atoms with van der Waals surface area (Å²) in [5.74, 6) is 1.03. The fourth-order valence-corrected chi connectivity index (χ4v) is 6.09. The molecule has 1 aliphatic carbocycles. The number of aliphatic hydroxyl groups excluding tert-OH is 2. The molecule has 4 rings (SSSR count). The van der Waals surface area contributed by atoms with Gasteiger partial charge in [0.25, 0.3) is 0 Å². The first-order chi connectivity index (χ1) is 15.2. The molecular weight excluding hydrogens is 449 g/mol. The number of carbonyl (C=O) groups is 1. The minimum atomic E-state index is -0.937. The third-order valence-corrected chi connectivity index (χ3v) is 7.81. The second-order valence-corrected chi connectivity index (χ2v) is 10.1. The quantitative estimate of drug-likeness (QED) is 0.570. The number of hydrogen-bond acceptors (Lipinski definition) is 4. The molecule has 2 aromatic carbocycles. The zero-order valence-corrected chi connectivity index (χ0v) is 19.7. The molecule has 0 unspecified atom stereocenters. The first kappa shape index (κ1) is 23.4. The number of amides is 1. The Bertz CT molecular complexity index is 982. The first-order valence-electron chi connectivity index (χ1n) is 11.0. The summed E-state index contributed by atoms with van der Waals surface area (Å²) in [6.07, 6.45) is 0.691. The van der Waals surface area contributed by atoms with Crippen molar-refractivity contribution >= 4 is 29.1 Å². The normalized spacial score (nSPS) is 30.5. The summed E-state index contributed by atoms with van der Waals surface area (Å²) in [6, 6.07) is 13.6. The monoisotopic (exact) mass is 477 g/mol. The predicted molar refractivity (Wildman–Crippen MR) is 125 cm³/mol. The number of nitrogens with one attached hydrogen (secondary N) is 1. The number of rotatable bonds is 6. The summed E-state index contributed by atoms with van der Waals surface area (Å²) in [4.78, 5) is 12.9. The van der Waals surface area contributed by atoms with Crippen molar-refractivity contribution < 1.29 is 19.7 Å². The van der Waals surface area contributed by atoms with E-state index >= 15 is 0 Å². The molecule has 7 heteroatoms. The third-order valence-electron chi connectivity index (χ3n) is 7.23. The highest BCUT2D eigenvalue weighted by molar-refractivity contribution is 6.31. The fraction of sp³-hybridized carbons (Fsp3) is 0.480. The molecule has 1 aliphatic heterocycles. The van der Waals surface area contributed by atoms with Crippen molar-refractivity contribution in [3.8, 4) is 5.75 Å². The highest BCUT2D eigenvalue weighted by Gasteiger charge is 2.57. The lowest BCUT2D eigenvalue weighted by Crippen LogP contribution is -2.42. The maximum atomic E-state index is 12.9. The minimum absolute atomic E-state index is 0.00523. The summed E-state index contributed by atoms with van der Waals surface area (Å²) < 4.78 is 5.56. The van der Waals surface area contributed by atoms with E-state index in [1.54, 1.807) is 6.07 Å². The molecule has 0 aromatic heterocycles. The molecule has 2 aromatic rings. The largest absolute Gasteiger partial charge is 0.491 e. The number of halogens is 2. The molecule has 1 amide bonds. The SMILES string of the molecule is C[C@H]1NC(=O)[C@]2(C)CC[C@@H](c3ccc(OC[C@@H](O)CO)cc3Cl)[C@H](c3ccc(Cl)cc3)[C@H]12. The van der Waals surface area contributed by atoms with E-state index in [-0.39, 0.29) is 42.9 Å². The van der Waals surface area contributed by atoms with Crippen LogP contribution in [0.3, 0.4) is 0 Å². The lowest BCUT2D eigenvalue weighted by atomic mass is 9.56. The Morgan fingerprint density at radius 3 is 2.59 bits per heavy atom. The van der Waals surface area contributed by atoms with Crippen LogP contribution in [0.5, 0.6) is 5.75 Å². The second kappa shape index (κ2) is 9.22. The molecule has 172 valence electrons. The van der Waals surface area contributed by atoms with E-state index in [1.807, 2.05) is 24.3 Å². The van der Waals surface area contributed by atoms with Crippen LogP contribution in [-0.2, 0) is 4.79 Å². The van der Waals surface area contributed by atoms with Gasteiger partial charge in [0.05, 0.1) is 12.0 Å². The van der Waals surface area contributed by atoms with Crippen LogP contribution in [0.15, 0.2) is 42.5 Å². The van der Waals surface area contributed by atoms with Gasteiger partial charge in [0.2, 0.25) is 5.91 Å². The Hall–Kier alpha value is -1.79. The summed E-state index contributed by atoms with van der Waals surface area (Å²) in [5, 5.41) is 23.0. The molecule has 1 saturated carbocycles. The first-order valence-corrected chi connectivity index (χ1v) is 11.8. The average molecular weight is 478 g/mol. The molecule has 1 saturated heterocycles. The Labute approximate surface area is 198 Å². The van der Waals surface area contributed by atoms with E-state index in [0.717, 1.165) is 24.0 Å². The van der Waals surface area contributed by atoms with Gasteiger partial charge in [0.15, 0.2) is 0 Å². The van der Waals surface area contributed by atoms with E-state index in [9.17, 15) is 9.90 Å². The van der Waals surface area contributed by atoms with E-state index in [1.165, 1.54) is 0 Å². The Kier molecular flexibility index (Phi) is 6.73. The van der Waals surface area contributed by atoms with E-state index < -0.39 is 11.5 Å². The standard InChI is InChI=1S/C25H29Cl2NO4/c1-14-23-22(15-3-5-16(26)6-4-15)20(9-10-25(23,2)24(31)28-14)19-8-7-18(11-21(19)27)32-13-17(30)12-29/h3-8,11,14,17,20,22-23,29-30H,9-10,12-13H2,1-2H3,(H,28,31)/t14-,17+,20+,22+,23+,25-/m1/s1. The highest BCUT2D eigenvalue weighted by atomic mass is 35.5. The van der Waals surface area contributed by atoms with Crippen molar-refractivity contribution in [3.63, 3.8) is 0 Å². The molecule has 0 spiro atoms. The van der Waals surface area contributed by atoms with Crippen molar-refractivity contribution in [2.75, 3.05) is 13.2 Å². The Morgan fingerprint density at radius 1 is 1.22 bits per heavy atom. The van der Waals surface area contributed by atoms with Gasteiger partial charge in [-0.1, -0.05) is 48.3 Å². The van der Waals surface area contributed by atoms with Gasteiger partial charge >= 0.3 is 0 Å². The molecule has 32 heavy (non-hydrogen) atoms. The zero-order valence-electron chi connectivity index (χ0n) is 18.2. The van der Waals surface area contributed by atoms with Crippen LogP contribution in [0.25, 0.3) is 0 Å². The van der Waals surface area contributed by atoms with Gasteiger partial charge in [-0.2, -0.15) is 0 Å². The smallest absolute Gasteiger partial charge is 0.226 e. The third kappa shape index (κ3) is 4.24. The van der Waals surface area contributed by atoms with Crippen LogP contribution >= 0.6 is 23.2 Å². The summed E-state index contributed by atoms with van der Waals surface area (Å²) in [7, 11) is 0. The van der Waals surface area contributed by atoms with Gasteiger partial charge in [-0.05, 0) is 67.0 Å². The van der Waals surface area contributed by atoms with Gasteiger partial charge in [-0.25, -0.2) is 0 Å². The van der Waals surface area contributed by atoms with E-state index in [0.29, 0.717) is 15.8 Å². The van der Waals surface area contributed by atoms with E-state index in [2.05, 4.69) is 31.3 Å². The summed E-state index contributed by atoms with van der Waals surface area (Å²) in [6.45, 7) is 3.81. The van der Waals surface area contributed by atoms with Crippen molar-refractivity contribution in [3.05, 3.63) is 63.6 Å². The van der Waals surface area contributed by atoms with Gasteiger partial charge in [-0.3, -0.25) is 4.79 Å². The van der Waals surface area contributed by atoms with Gasteiger partial charge in [0.1, 0.15) is 18.5 Å². The fourth-order valence-electron chi connectivity index (χ4n) is 5.65.